The van der Waals surface area contributed by atoms with Crippen molar-refractivity contribution in [3.63, 3.8) is 0 Å². The number of carbonyl (C=O) groups excluding carboxylic acids is 2. The van der Waals surface area contributed by atoms with Crippen molar-refractivity contribution in [1.29, 1.82) is 0 Å². The molecule has 0 atom stereocenters. The zero-order chi connectivity index (χ0) is 17.0. The van der Waals surface area contributed by atoms with E-state index in [1.165, 1.54) is 5.56 Å². The molecule has 0 saturated carbocycles. The van der Waals surface area contributed by atoms with Crippen LogP contribution in [0.3, 0.4) is 0 Å². The Morgan fingerprint density at radius 3 is 2.22 bits per heavy atom. The van der Waals surface area contributed by atoms with Crippen LogP contribution in [0, 0.1) is 18.3 Å². The number of carbonyl (C=O) groups is 2. The van der Waals surface area contributed by atoms with Gasteiger partial charge in [-0.25, -0.2) is 0 Å². The maximum atomic E-state index is 12.3. The number of aryl methyl sites for hydroxylation is 1. The number of amides is 2. The van der Waals surface area contributed by atoms with Crippen LogP contribution in [0.15, 0.2) is 24.3 Å². The first-order chi connectivity index (χ1) is 10.8. The second-order valence-corrected chi connectivity index (χ2v) is 7.52. The van der Waals surface area contributed by atoms with Crippen LogP contribution >= 0.6 is 0 Å². The lowest BCUT2D eigenvalue weighted by Crippen LogP contribution is -2.46. The average molecular weight is 316 g/mol. The Labute approximate surface area is 139 Å². The number of nitrogens with one attached hydrogen (secondary N) is 1. The van der Waals surface area contributed by atoms with Gasteiger partial charge in [0, 0.05) is 31.0 Å². The number of likely N-dealkylation sites (tertiary alicyclic amines) is 1. The Morgan fingerprint density at radius 2 is 1.70 bits per heavy atom. The van der Waals surface area contributed by atoms with E-state index in [0.29, 0.717) is 19.6 Å². The molecule has 1 aliphatic heterocycles. The highest BCUT2D eigenvalue weighted by molar-refractivity contribution is 5.82. The summed E-state index contributed by atoms with van der Waals surface area (Å²) in [5.41, 5.74) is 1.99. The lowest BCUT2D eigenvalue weighted by molar-refractivity contribution is -0.142. The van der Waals surface area contributed by atoms with Crippen molar-refractivity contribution in [3.05, 3.63) is 35.4 Å². The first-order valence-electron chi connectivity index (χ1n) is 8.40. The van der Waals surface area contributed by atoms with Gasteiger partial charge in [-0.1, -0.05) is 50.6 Å². The van der Waals surface area contributed by atoms with Crippen LogP contribution in [0.5, 0.6) is 0 Å². The van der Waals surface area contributed by atoms with Crippen LogP contribution in [-0.2, 0) is 16.1 Å². The third kappa shape index (κ3) is 4.81. The molecule has 0 unspecified atom stereocenters. The Morgan fingerprint density at radius 1 is 1.13 bits per heavy atom. The van der Waals surface area contributed by atoms with E-state index in [4.69, 9.17) is 0 Å². The zero-order valence-corrected chi connectivity index (χ0v) is 14.7. The summed E-state index contributed by atoms with van der Waals surface area (Å²) in [5.74, 6) is 0.300. The van der Waals surface area contributed by atoms with Crippen LogP contribution in [-0.4, -0.2) is 29.8 Å². The highest BCUT2D eigenvalue weighted by Gasteiger charge is 2.32. The SMILES string of the molecule is Cc1ccc(CNC(=O)C2CCN(C(=O)C(C)(C)C)CC2)cc1. The molecule has 2 amide bonds. The summed E-state index contributed by atoms with van der Waals surface area (Å²) in [4.78, 5) is 26.4. The highest BCUT2D eigenvalue weighted by Crippen LogP contribution is 2.23. The van der Waals surface area contributed by atoms with Gasteiger partial charge in [-0.2, -0.15) is 0 Å². The number of benzene rings is 1. The van der Waals surface area contributed by atoms with Crippen LogP contribution in [0.25, 0.3) is 0 Å². The molecule has 23 heavy (non-hydrogen) atoms. The van der Waals surface area contributed by atoms with Gasteiger partial charge in [-0.15, -0.1) is 0 Å². The third-order valence-corrected chi connectivity index (χ3v) is 4.38. The first-order valence-corrected chi connectivity index (χ1v) is 8.40. The fraction of sp³-hybridized carbons (Fsp3) is 0.579. The van der Waals surface area contributed by atoms with Crippen molar-refractivity contribution in [1.82, 2.24) is 10.2 Å². The second kappa shape index (κ2) is 7.16. The molecule has 1 fully saturated rings. The van der Waals surface area contributed by atoms with Gasteiger partial charge in [0.1, 0.15) is 0 Å². The van der Waals surface area contributed by atoms with Crippen LogP contribution in [0.4, 0.5) is 0 Å². The molecule has 0 aromatic heterocycles. The van der Waals surface area contributed by atoms with Crippen LogP contribution in [0.2, 0.25) is 0 Å². The van der Waals surface area contributed by atoms with E-state index in [9.17, 15) is 9.59 Å². The summed E-state index contributed by atoms with van der Waals surface area (Å²) in [6.45, 7) is 9.80. The summed E-state index contributed by atoms with van der Waals surface area (Å²) in [6, 6.07) is 8.19. The average Bonchev–Trinajstić information content (AvgIpc) is 2.52. The highest BCUT2D eigenvalue weighted by atomic mass is 16.2. The predicted octanol–water partition coefficient (Wildman–Crippen LogP) is 2.90. The summed E-state index contributed by atoms with van der Waals surface area (Å²) < 4.78 is 0. The molecular weight excluding hydrogens is 288 g/mol. The number of nitrogens with zero attached hydrogens (tertiary/aromatic N) is 1. The number of hydrogen-bond acceptors (Lipinski definition) is 2. The summed E-state index contributed by atoms with van der Waals surface area (Å²) in [6.07, 6.45) is 1.50. The maximum absolute atomic E-state index is 12.3. The van der Waals surface area contributed by atoms with Gasteiger partial charge in [-0.3, -0.25) is 9.59 Å². The molecule has 1 heterocycles. The second-order valence-electron chi connectivity index (χ2n) is 7.52. The minimum absolute atomic E-state index is 0.0180. The minimum atomic E-state index is -0.347. The van der Waals surface area contributed by atoms with Gasteiger partial charge in [-0.05, 0) is 25.3 Å². The molecule has 126 valence electrons. The predicted molar refractivity (Wildman–Crippen MR) is 91.8 cm³/mol. The largest absolute Gasteiger partial charge is 0.352 e. The maximum Gasteiger partial charge on any atom is 0.227 e. The minimum Gasteiger partial charge on any atom is -0.352 e. The van der Waals surface area contributed by atoms with Gasteiger partial charge in [0.05, 0.1) is 0 Å². The Balaban J connectivity index is 1.79. The first kappa shape index (κ1) is 17.5. The fourth-order valence-corrected chi connectivity index (χ4v) is 2.86. The van der Waals surface area contributed by atoms with E-state index in [-0.39, 0.29) is 23.1 Å². The molecule has 1 aliphatic rings. The molecule has 0 bridgehead atoms. The van der Waals surface area contributed by atoms with E-state index in [1.54, 1.807) is 0 Å². The molecule has 0 radical (unpaired) electrons. The third-order valence-electron chi connectivity index (χ3n) is 4.38. The Hall–Kier alpha value is -1.84. The van der Waals surface area contributed by atoms with Gasteiger partial charge in [0.15, 0.2) is 0 Å². The van der Waals surface area contributed by atoms with E-state index < -0.39 is 0 Å². The topological polar surface area (TPSA) is 49.4 Å². The quantitative estimate of drug-likeness (QED) is 0.932. The molecule has 1 N–H and O–H groups in total. The van der Waals surface area contributed by atoms with E-state index in [0.717, 1.165) is 18.4 Å². The van der Waals surface area contributed by atoms with Gasteiger partial charge < -0.3 is 10.2 Å². The van der Waals surface area contributed by atoms with Crippen molar-refractivity contribution < 1.29 is 9.59 Å². The van der Waals surface area contributed by atoms with E-state index in [2.05, 4.69) is 24.4 Å². The van der Waals surface area contributed by atoms with Crippen molar-refractivity contribution >= 4 is 11.8 Å². The molecular formula is C19H28N2O2. The normalized spacial score (nSPS) is 16.3. The number of rotatable bonds is 3. The lowest BCUT2D eigenvalue weighted by atomic mass is 9.90. The van der Waals surface area contributed by atoms with Gasteiger partial charge >= 0.3 is 0 Å². The fourth-order valence-electron chi connectivity index (χ4n) is 2.86. The molecule has 0 aliphatic carbocycles. The van der Waals surface area contributed by atoms with Crippen LogP contribution < -0.4 is 5.32 Å². The lowest BCUT2D eigenvalue weighted by Gasteiger charge is -2.35. The smallest absolute Gasteiger partial charge is 0.227 e. The van der Waals surface area contributed by atoms with E-state index in [1.807, 2.05) is 37.8 Å². The summed E-state index contributed by atoms with van der Waals surface area (Å²) in [7, 11) is 0. The zero-order valence-electron chi connectivity index (χ0n) is 14.7. The van der Waals surface area contributed by atoms with Gasteiger partial charge in [0.25, 0.3) is 0 Å². The summed E-state index contributed by atoms with van der Waals surface area (Å²) in [5, 5.41) is 3.02. The monoisotopic (exact) mass is 316 g/mol. The Kier molecular flexibility index (Phi) is 5.45. The number of piperidine rings is 1. The van der Waals surface area contributed by atoms with Crippen molar-refractivity contribution in [2.45, 2.75) is 47.1 Å². The van der Waals surface area contributed by atoms with Crippen molar-refractivity contribution in [3.8, 4) is 0 Å². The molecule has 4 nitrogen and oxygen atoms in total. The van der Waals surface area contributed by atoms with Crippen molar-refractivity contribution in [2.75, 3.05) is 13.1 Å². The van der Waals surface area contributed by atoms with Gasteiger partial charge in [0.2, 0.25) is 11.8 Å². The molecule has 4 heteroatoms. The molecule has 1 aromatic rings. The molecule has 2 rings (SSSR count). The van der Waals surface area contributed by atoms with Crippen LogP contribution in [0.1, 0.15) is 44.7 Å². The molecule has 0 spiro atoms. The Bertz CT molecular complexity index is 550. The molecule has 1 aromatic carbocycles. The number of hydrogen-bond donors (Lipinski definition) is 1. The van der Waals surface area contributed by atoms with Crippen molar-refractivity contribution in [2.24, 2.45) is 11.3 Å². The summed E-state index contributed by atoms with van der Waals surface area (Å²) >= 11 is 0. The standard InChI is InChI=1S/C19H28N2O2/c1-14-5-7-15(8-6-14)13-20-17(22)16-9-11-21(12-10-16)18(23)19(2,3)4/h5-8,16H,9-13H2,1-4H3,(H,20,22). The van der Waals surface area contributed by atoms with E-state index >= 15 is 0 Å². The molecule has 1 saturated heterocycles.